The molecule has 1 saturated heterocycles. The molecule has 1 atom stereocenters. The van der Waals surface area contributed by atoms with Gasteiger partial charge in [0, 0.05) is 42.0 Å². The summed E-state index contributed by atoms with van der Waals surface area (Å²) in [4.78, 5) is 7.04. The Morgan fingerprint density at radius 3 is 2.71 bits per heavy atom. The van der Waals surface area contributed by atoms with E-state index in [2.05, 4.69) is 53.3 Å². The molecule has 0 radical (unpaired) electrons. The molecule has 1 aliphatic heterocycles. The summed E-state index contributed by atoms with van der Waals surface area (Å²) in [6.45, 7) is 7.79. The molecule has 2 aromatic rings. The number of hydrogen-bond acceptors (Lipinski definition) is 5. The highest BCUT2D eigenvalue weighted by atomic mass is 16.5. The van der Waals surface area contributed by atoms with Gasteiger partial charge in [-0.1, -0.05) is 25.5 Å². The Labute approximate surface area is 169 Å². The zero-order chi connectivity index (χ0) is 19.9. The maximum atomic E-state index is 6.06. The number of hydrogen-bond donors (Lipinski definition) is 2. The third-order valence-corrected chi connectivity index (χ3v) is 5.36. The van der Waals surface area contributed by atoms with Gasteiger partial charge in [0.2, 0.25) is 0 Å². The Bertz CT molecular complexity index is 771. The summed E-state index contributed by atoms with van der Waals surface area (Å²) in [5.74, 6) is 1.48. The number of likely N-dealkylation sites (tertiary alicyclic amines) is 1. The Hall–Kier alpha value is -2.27. The van der Waals surface area contributed by atoms with E-state index in [1.807, 2.05) is 6.07 Å². The highest BCUT2D eigenvalue weighted by Crippen LogP contribution is 2.26. The number of ether oxygens (including phenoxy) is 1. The molecule has 5 nitrogen and oxygen atoms in total. The number of aromatic nitrogens is 1. The van der Waals surface area contributed by atoms with E-state index in [1.165, 1.54) is 31.5 Å². The van der Waals surface area contributed by atoms with Crippen molar-refractivity contribution < 1.29 is 4.74 Å². The van der Waals surface area contributed by atoms with Crippen molar-refractivity contribution in [3.63, 3.8) is 0 Å². The SMILES string of the molecule is CCC[C@@H](C)Nc1cc(N)nc(Cc2ccc(CN3CCCC3)cc2OC)c1. The predicted octanol–water partition coefficient (Wildman–Crippen LogP) is 4.46. The van der Waals surface area contributed by atoms with Crippen molar-refractivity contribution in [2.45, 2.75) is 58.5 Å². The summed E-state index contributed by atoms with van der Waals surface area (Å²) >= 11 is 0. The van der Waals surface area contributed by atoms with Gasteiger partial charge in [-0.05, 0) is 57.0 Å². The van der Waals surface area contributed by atoms with Gasteiger partial charge in [-0.2, -0.15) is 0 Å². The number of anilines is 2. The molecule has 1 aromatic heterocycles. The van der Waals surface area contributed by atoms with Crippen LogP contribution >= 0.6 is 0 Å². The molecule has 3 rings (SSSR count). The zero-order valence-corrected chi connectivity index (χ0v) is 17.5. The van der Waals surface area contributed by atoms with E-state index >= 15 is 0 Å². The average molecular weight is 383 g/mol. The van der Waals surface area contributed by atoms with Crippen molar-refractivity contribution in [1.82, 2.24) is 9.88 Å². The Balaban J connectivity index is 1.74. The fourth-order valence-electron chi connectivity index (χ4n) is 4.00. The molecule has 5 heteroatoms. The maximum Gasteiger partial charge on any atom is 0.125 e. The van der Waals surface area contributed by atoms with Crippen LogP contribution in [0.1, 0.15) is 56.4 Å². The first-order valence-electron chi connectivity index (χ1n) is 10.5. The third kappa shape index (κ3) is 5.61. The number of benzene rings is 1. The lowest BCUT2D eigenvalue weighted by molar-refractivity contribution is 0.330. The van der Waals surface area contributed by atoms with Crippen molar-refractivity contribution >= 4 is 11.5 Å². The summed E-state index contributed by atoms with van der Waals surface area (Å²) in [6, 6.07) is 11.0. The topological polar surface area (TPSA) is 63.4 Å². The van der Waals surface area contributed by atoms with Crippen LogP contribution in [0.3, 0.4) is 0 Å². The van der Waals surface area contributed by atoms with Crippen molar-refractivity contribution in [1.29, 1.82) is 0 Å². The Kier molecular flexibility index (Phi) is 7.15. The van der Waals surface area contributed by atoms with E-state index in [-0.39, 0.29) is 0 Å². The van der Waals surface area contributed by atoms with Gasteiger partial charge in [-0.15, -0.1) is 0 Å². The summed E-state index contributed by atoms with van der Waals surface area (Å²) in [5, 5.41) is 3.53. The Morgan fingerprint density at radius 2 is 2.00 bits per heavy atom. The highest BCUT2D eigenvalue weighted by molar-refractivity contribution is 5.53. The molecule has 1 aliphatic rings. The number of nitrogens with one attached hydrogen (secondary N) is 1. The number of nitrogens with zero attached hydrogens (tertiary/aromatic N) is 2. The van der Waals surface area contributed by atoms with Crippen LogP contribution in [0.5, 0.6) is 5.75 Å². The molecule has 0 bridgehead atoms. The molecule has 0 aliphatic carbocycles. The largest absolute Gasteiger partial charge is 0.496 e. The minimum Gasteiger partial charge on any atom is -0.496 e. The third-order valence-electron chi connectivity index (χ3n) is 5.36. The lowest BCUT2D eigenvalue weighted by atomic mass is 10.0. The highest BCUT2D eigenvalue weighted by Gasteiger charge is 2.14. The standard InChI is InChI=1S/C23H34N4O/c1-4-7-17(2)25-21-14-20(26-23(24)15-21)13-19-9-8-18(12-22(19)28-3)16-27-10-5-6-11-27/h8-9,12,14-15,17H,4-7,10-11,13,16H2,1-3H3,(H3,24,25,26)/t17-/m1/s1. The summed E-state index contributed by atoms with van der Waals surface area (Å²) in [5.41, 5.74) is 10.5. The second kappa shape index (κ2) is 9.78. The van der Waals surface area contributed by atoms with Crippen LogP contribution in [0.25, 0.3) is 0 Å². The van der Waals surface area contributed by atoms with E-state index in [1.54, 1.807) is 7.11 Å². The van der Waals surface area contributed by atoms with Crippen LogP contribution in [0.4, 0.5) is 11.5 Å². The molecule has 0 saturated carbocycles. The first-order valence-corrected chi connectivity index (χ1v) is 10.5. The molecule has 28 heavy (non-hydrogen) atoms. The Morgan fingerprint density at radius 1 is 1.21 bits per heavy atom. The lowest BCUT2D eigenvalue weighted by Crippen LogP contribution is -2.18. The van der Waals surface area contributed by atoms with Crippen molar-refractivity contribution in [2.24, 2.45) is 0 Å². The first-order chi connectivity index (χ1) is 13.6. The van der Waals surface area contributed by atoms with Crippen molar-refractivity contribution in [3.05, 3.63) is 47.2 Å². The second-order valence-corrected chi connectivity index (χ2v) is 7.91. The molecular formula is C23H34N4O. The van der Waals surface area contributed by atoms with Crippen LogP contribution in [0, 0.1) is 0 Å². The van der Waals surface area contributed by atoms with Crippen LogP contribution in [-0.2, 0) is 13.0 Å². The lowest BCUT2D eigenvalue weighted by Gasteiger charge is -2.17. The van der Waals surface area contributed by atoms with Gasteiger partial charge in [0.1, 0.15) is 11.6 Å². The van der Waals surface area contributed by atoms with E-state index in [9.17, 15) is 0 Å². The number of pyridine rings is 1. The van der Waals surface area contributed by atoms with E-state index in [4.69, 9.17) is 10.5 Å². The molecular weight excluding hydrogens is 348 g/mol. The van der Waals surface area contributed by atoms with Gasteiger partial charge in [0.05, 0.1) is 7.11 Å². The summed E-state index contributed by atoms with van der Waals surface area (Å²) < 4.78 is 5.69. The van der Waals surface area contributed by atoms with E-state index in [0.717, 1.165) is 42.1 Å². The van der Waals surface area contributed by atoms with E-state index < -0.39 is 0 Å². The summed E-state index contributed by atoms with van der Waals surface area (Å²) in [6.07, 6.45) is 5.61. The van der Waals surface area contributed by atoms with Gasteiger partial charge < -0.3 is 15.8 Å². The van der Waals surface area contributed by atoms with E-state index in [0.29, 0.717) is 18.3 Å². The molecule has 0 amide bonds. The van der Waals surface area contributed by atoms with Crippen LogP contribution in [-0.4, -0.2) is 36.1 Å². The second-order valence-electron chi connectivity index (χ2n) is 7.91. The summed E-state index contributed by atoms with van der Waals surface area (Å²) in [7, 11) is 1.74. The predicted molar refractivity (Wildman–Crippen MR) is 117 cm³/mol. The molecule has 2 heterocycles. The normalized spacial score (nSPS) is 15.5. The van der Waals surface area contributed by atoms with Crippen LogP contribution in [0.15, 0.2) is 30.3 Å². The number of methoxy groups -OCH3 is 1. The van der Waals surface area contributed by atoms with Crippen LogP contribution in [0.2, 0.25) is 0 Å². The minimum absolute atomic E-state index is 0.416. The molecule has 1 aromatic carbocycles. The van der Waals surface area contributed by atoms with Crippen LogP contribution < -0.4 is 15.8 Å². The van der Waals surface area contributed by atoms with Gasteiger partial charge in [0.15, 0.2) is 0 Å². The molecule has 3 N–H and O–H groups in total. The fourth-order valence-corrected chi connectivity index (χ4v) is 4.00. The van der Waals surface area contributed by atoms with Crippen molar-refractivity contribution in [2.75, 3.05) is 31.2 Å². The fraction of sp³-hybridized carbons (Fsp3) is 0.522. The number of nitrogen functional groups attached to an aromatic ring is 1. The molecule has 0 unspecified atom stereocenters. The average Bonchev–Trinajstić information content (AvgIpc) is 3.15. The minimum atomic E-state index is 0.416. The van der Waals surface area contributed by atoms with Gasteiger partial charge >= 0.3 is 0 Å². The van der Waals surface area contributed by atoms with Gasteiger partial charge in [-0.3, -0.25) is 4.90 Å². The molecule has 1 fully saturated rings. The maximum absolute atomic E-state index is 6.06. The number of rotatable bonds is 9. The zero-order valence-electron chi connectivity index (χ0n) is 17.5. The molecule has 152 valence electrons. The number of nitrogens with two attached hydrogens (primary N) is 1. The van der Waals surface area contributed by atoms with Gasteiger partial charge in [0.25, 0.3) is 0 Å². The molecule has 0 spiro atoms. The first kappa shape index (κ1) is 20.5. The van der Waals surface area contributed by atoms with Gasteiger partial charge in [-0.25, -0.2) is 4.98 Å². The quantitative estimate of drug-likeness (QED) is 0.670. The monoisotopic (exact) mass is 382 g/mol. The van der Waals surface area contributed by atoms with Crippen molar-refractivity contribution in [3.8, 4) is 5.75 Å². The smallest absolute Gasteiger partial charge is 0.125 e.